The largest absolute Gasteiger partial charge is 0.373 e. The predicted molar refractivity (Wildman–Crippen MR) is 62.9 cm³/mol. The van der Waals surface area contributed by atoms with Crippen LogP contribution in [0.5, 0.6) is 0 Å². The van der Waals surface area contributed by atoms with Gasteiger partial charge in [-0.3, -0.25) is 9.89 Å². The number of carbonyl (C=O) groups is 1. The van der Waals surface area contributed by atoms with E-state index in [4.69, 9.17) is 4.74 Å². The van der Waals surface area contributed by atoms with Crippen LogP contribution in [0, 0.1) is 6.92 Å². The average Bonchev–Trinajstić information content (AvgIpc) is 2.76. The van der Waals surface area contributed by atoms with Crippen molar-refractivity contribution in [1.82, 2.24) is 20.4 Å². The molecule has 1 aliphatic rings. The first kappa shape index (κ1) is 12.1. The minimum Gasteiger partial charge on any atom is -0.373 e. The molecule has 0 saturated carbocycles. The zero-order valence-electron chi connectivity index (χ0n) is 10.2. The number of H-pyrrole nitrogens is 1. The van der Waals surface area contributed by atoms with E-state index in [1.165, 1.54) is 0 Å². The second kappa shape index (κ2) is 5.29. The highest BCUT2D eigenvalue weighted by Crippen LogP contribution is 2.09. The molecule has 0 aliphatic carbocycles. The number of rotatable bonds is 3. The standard InChI is InChI=1S/C11H18N4O2/c1-8-5-10(14-13-8)11(16)15-3-4-17-9(7-15)6-12-2/h5,9,12H,3-4,6-7H2,1-2H3,(H,13,14). The lowest BCUT2D eigenvalue weighted by atomic mass is 10.2. The van der Waals surface area contributed by atoms with Gasteiger partial charge < -0.3 is 15.0 Å². The molecule has 2 rings (SSSR count). The van der Waals surface area contributed by atoms with E-state index in [9.17, 15) is 4.79 Å². The van der Waals surface area contributed by atoms with Crippen LogP contribution >= 0.6 is 0 Å². The summed E-state index contributed by atoms with van der Waals surface area (Å²) in [6.45, 7) is 4.47. The monoisotopic (exact) mass is 238 g/mol. The van der Waals surface area contributed by atoms with Gasteiger partial charge in [0, 0.05) is 25.3 Å². The van der Waals surface area contributed by atoms with Gasteiger partial charge in [-0.15, -0.1) is 0 Å². The zero-order valence-corrected chi connectivity index (χ0v) is 10.2. The van der Waals surface area contributed by atoms with Gasteiger partial charge in [-0.1, -0.05) is 0 Å². The number of ether oxygens (including phenoxy) is 1. The molecule has 2 heterocycles. The van der Waals surface area contributed by atoms with Crippen molar-refractivity contribution in [3.05, 3.63) is 17.5 Å². The van der Waals surface area contributed by atoms with Crippen LogP contribution < -0.4 is 5.32 Å². The Kier molecular flexibility index (Phi) is 3.75. The van der Waals surface area contributed by atoms with Crippen molar-refractivity contribution in [2.45, 2.75) is 13.0 Å². The van der Waals surface area contributed by atoms with E-state index in [0.29, 0.717) is 25.4 Å². The molecule has 17 heavy (non-hydrogen) atoms. The minimum absolute atomic E-state index is 0.0289. The Morgan fingerprint density at radius 3 is 3.24 bits per heavy atom. The van der Waals surface area contributed by atoms with Crippen LogP contribution in [0.4, 0.5) is 0 Å². The Balaban J connectivity index is 1.99. The van der Waals surface area contributed by atoms with E-state index in [-0.39, 0.29) is 12.0 Å². The lowest BCUT2D eigenvalue weighted by Crippen LogP contribution is -2.48. The van der Waals surface area contributed by atoms with Crippen molar-refractivity contribution in [2.75, 3.05) is 33.3 Å². The van der Waals surface area contributed by atoms with Crippen molar-refractivity contribution >= 4 is 5.91 Å². The van der Waals surface area contributed by atoms with Crippen LogP contribution in [0.25, 0.3) is 0 Å². The molecule has 1 unspecified atom stereocenters. The molecule has 1 saturated heterocycles. The van der Waals surface area contributed by atoms with Gasteiger partial charge in [0.1, 0.15) is 5.69 Å². The molecule has 1 amide bonds. The molecule has 6 heteroatoms. The summed E-state index contributed by atoms with van der Waals surface area (Å²) in [5.41, 5.74) is 1.38. The number of aromatic amines is 1. The lowest BCUT2D eigenvalue weighted by molar-refractivity contribution is -0.0198. The Hall–Kier alpha value is -1.40. The number of nitrogens with zero attached hydrogens (tertiary/aromatic N) is 2. The first-order chi connectivity index (χ1) is 8.20. The summed E-state index contributed by atoms with van der Waals surface area (Å²) in [5.74, 6) is -0.0289. The highest BCUT2D eigenvalue weighted by Gasteiger charge is 2.25. The summed E-state index contributed by atoms with van der Waals surface area (Å²) in [5, 5.41) is 9.83. The molecule has 2 N–H and O–H groups in total. The molecule has 94 valence electrons. The fraction of sp³-hybridized carbons (Fsp3) is 0.636. The van der Waals surface area contributed by atoms with Crippen molar-refractivity contribution in [3.8, 4) is 0 Å². The number of likely N-dealkylation sites (N-methyl/N-ethyl adjacent to an activating group) is 1. The molecule has 0 spiro atoms. The van der Waals surface area contributed by atoms with E-state index in [2.05, 4.69) is 15.5 Å². The van der Waals surface area contributed by atoms with Crippen molar-refractivity contribution in [3.63, 3.8) is 0 Å². The molecule has 0 radical (unpaired) electrons. The van der Waals surface area contributed by atoms with Gasteiger partial charge in [0.15, 0.2) is 0 Å². The summed E-state index contributed by atoms with van der Waals surface area (Å²) in [6.07, 6.45) is 0.0674. The smallest absolute Gasteiger partial charge is 0.274 e. The number of hydrogen-bond donors (Lipinski definition) is 2. The molecule has 1 aromatic rings. The van der Waals surface area contributed by atoms with Crippen molar-refractivity contribution in [2.24, 2.45) is 0 Å². The summed E-state index contributed by atoms with van der Waals surface area (Å²) >= 11 is 0. The Labute approximate surface area is 100 Å². The Morgan fingerprint density at radius 2 is 2.59 bits per heavy atom. The highest BCUT2D eigenvalue weighted by molar-refractivity contribution is 5.92. The minimum atomic E-state index is -0.0289. The summed E-state index contributed by atoms with van der Waals surface area (Å²) < 4.78 is 5.56. The number of morpholine rings is 1. The molecular formula is C11H18N4O2. The molecule has 1 fully saturated rings. The van der Waals surface area contributed by atoms with E-state index in [0.717, 1.165) is 12.2 Å². The zero-order chi connectivity index (χ0) is 12.3. The summed E-state index contributed by atoms with van der Waals surface area (Å²) in [6, 6.07) is 1.77. The molecule has 1 aliphatic heterocycles. The summed E-state index contributed by atoms with van der Waals surface area (Å²) in [4.78, 5) is 13.9. The van der Waals surface area contributed by atoms with E-state index in [1.54, 1.807) is 11.0 Å². The second-order valence-corrected chi connectivity index (χ2v) is 4.24. The maximum absolute atomic E-state index is 12.1. The van der Waals surface area contributed by atoms with Gasteiger partial charge in [0.25, 0.3) is 5.91 Å². The second-order valence-electron chi connectivity index (χ2n) is 4.24. The topological polar surface area (TPSA) is 70.2 Å². The van der Waals surface area contributed by atoms with E-state index >= 15 is 0 Å². The van der Waals surface area contributed by atoms with Crippen molar-refractivity contribution in [1.29, 1.82) is 0 Å². The first-order valence-corrected chi connectivity index (χ1v) is 5.78. The average molecular weight is 238 g/mol. The normalized spacial score (nSPS) is 20.6. The van der Waals surface area contributed by atoms with Gasteiger partial charge in [-0.05, 0) is 20.0 Å². The van der Waals surface area contributed by atoms with Gasteiger partial charge in [-0.25, -0.2) is 0 Å². The molecule has 6 nitrogen and oxygen atoms in total. The fourth-order valence-electron chi connectivity index (χ4n) is 1.94. The maximum Gasteiger partial charge on any atom is 0.274 e. The lowest BCUT2D eigenvalue weighted by Gasteiger charge is -2.32. The van der Waals surface area contributed by atoms with E-state index < -0.39 is 0 Å². The third-order valence-corrected chi connectivity index (χ3v) is 2.78. The number of nitrogens with one attached hydrogen (secondary N) is 2. The molecule has 0 aromatic carbocycles. The SMILES string of the molecule is CNCC1CN(C(=O)c2cc(C)[nH]n2)CCO1. The predicted octanol–water partition coefficient (Wildman–Crippen LogP) is -0.221. The Morgan fingerprint density at radius 1 is 1.76 bits per heavy atom. The van der Waals surface area contributed by atoms with Crippen molar-refractivity contribution < 1.29 is 9.53 Å². The van der Waals surface area contributed by atoms with Crippen LogP contribution in [0.15, 0.2) is 6.07 Å². The molecule has 0 bridgehead atoms. The third kappa shape index (κ3) is 2.83. The number of hydrogen-bond acceptors (Lipinski definition) is 4. The summed E-state index contributed by atoms with van der Waals surface area (Å²) in [7, 11) is 1.88. The van der Waals surface area contributed by atoms with E-state index in [1.807, 2.05) is 14.0 Å². The number of amides is 1. The number of aromatic nitrogens is 2. The Bertz CT molecular complexity index is 389. The number of aryl methyl sites for hydroxylation is 1. The molecule has 1 aromatic heterocycles. The van der Waals surface area contributed by atoms with Crippen LogP contribution in [0.2, 0.25) is 0 Å². The van der Waals surface area contributed by atoms with Crippen LogP contribution in [-0.2, 0) is 4.74 Å². The quantitative estimate of drug-likeness (QED) is 0.763. The fourth-order valence-corrected chi connectivity index (χ4v) is 1.94. The molecular weight excluding hydrogens is 220 g/mol. The first-order valence-electron chi connectivity index (χ1n) is 5.78. The van der Waals surface area contributed by atoms with Gasteiger partial charge in [0.05, 0.1) is 12.7 Å². The maximum atomic E-state index is 12.1. The third-order valence-electron chi connectivity index (χ3n) is 2.78. The van der Waals surface area contributed by atoms with Crippen LogP contribution in [0.1, 0.15) is 16.2 Å². The number of carbonyl (C=O) groups excluding carboxylic acids is 1. The van der Waals surface area contributed by atoms with Crippen LogP contribution in [-0.4, -0.2) is 60.4 Å². The highest BCUT2D eigenvalue weighted by atomic mass is 16.5. The van der Waals surface area contributed by atoms with Gasteiger partial charge in [0.2, 0.25) is 0 Å². The molecule has 1 atom stereocenters. The van der Waals surface area contributed by atoms with Crippen LogP contribution in [0.3, 0.4) is 0 Å². The van der Waals surface area contributed by atoms with Gasteiger partial charge >= 0.3 is 0 Å². The van der Waals surface area contributed by atoms with Gasteiger partial charge in [-0.2, -0.15) is 5.10 Å².